The fourth-order valence-electron chi connectivity index (χ4n) is 5.04. The highest BCUT2D eigenvalue weighted by molar-refractivity contribution is 5.79. The second-order valence-corrected chi connectivity index (χ2v) is 8.84. The Morgan fingerprint density at radius 3 is 2.27 bits per heavy atom. The maximum atomic E-state index is 12.9. The number of hydrogen-bond acceptors (Lipinski definition) is 4. The van der Waals surface area contributed by atoms with Crippen LogP contribution in [0.5, 0.6) is 5.75 Å². The number of benzene rings is 1. The van der Waals surface area contributed by atoms with Crippen molar-refractivity contribution in [3.63, 3.8) is 0 Å². The summed E-state index contributed by atoms with van der Waals surface area (Å²) in [6.45, 7) is 4.50. The maximum Gasteiger partial charge on any atom is 0.222 e. The highest BCUT2D eigenvalue weighted by Crippen LogP contribution is 2.35. The van der Waals surface area contributed by atoms with Crippen LogP contribution >= 0.6 is 0 Å². The summed E-state index contributed by atoms with van der Waals surface area (Å²) >= 11 is 0. The fourth-order valence-corrected chi connectivity index (χ4v) is 5.04. The van der Waals surface area contributed by atoms with Crippen LogP contribution in [0.3, 0.4) is 0 Å². The van der Waals surface area contributed by atoms with E-state index in [0.29, 0.717) is 6.54 Å². The summed E-state index contributed by atoms with van der Waals surface area (Å²) < 4.78 is 5.21. The van der Waals surface area contributed by atoms with Crippen LogP contribution in [0, 0.1) is 0 Å². The van der Waals surface area contributed by atoms with Crippen LogP contribution in [0.1, 0.15) is 76.3 Å². The lowest BCUT2D eigenvalue weighted by atomic mass is 9.79. The monoisotopic (exact) mass is 415 g/mol. The van der Waals surface area contributed by atoms with E-state index in [4.69, 9.17) is 4.74 Å². The van der Waals surface area contributed by atoms with Crippen LogP contribution in [0.4, 0.5) is 0 Å². The molecule has 0 aromatic heterocycles. The molecule has 2 amide bonds. The van der Waals surface area contributed by atoms with Gasteiger partial charge in [0.25, 0.3) is 0 Å². The first-order valence-corrected chi connectivity index (χ1v) is 11.5. The normalized spacial score (nSPS) is 20.2. The number of nitrogens with one attached hydrogen (secondary N) is 2. The molecule has 0 spiro atoms. The van der Waals surface area contributed by atoms with Gasteiger partial charge in [-0.15, -0.1) is 0 Å². The molecule has 6 nitrogen and oxygen atoms in total. The molecular weight excluding hydrogens is 378 g/mol. The van der Waals surface area contributed by atoms with Gasteiger partial charge in [-0.05, 0) is 56.5 Å². The first-order chi connectivity index (χ1) is 14.5. The summed E-state index contributed by atoms with van der Waals surface area (Å²) in [5.74, 6) is 0.609. The van der Waals surface area contributed by atoms with Crippen molar-refractivity contribution in [2.45, 2.75) is 76.3 Å². The lowest BCUT2D eigenvalue weighted by molar-refractivity contribution is -0.123. The number of piperidine rings is 1. The van der Waals surface area contributed by atoms with Gasteiger partial charge in [0.2, 0.25) is 11.8 Å². The summed E-state index contributed by atoms with van der Waals surface area (Å²) in [5.41, 5.74) is 1.02. The van der Waals surface area contributed by atoms with Crippen molar-refractivity contribution in [2.24, 2.45) is 0 Å². The van der Waals surface area contributed by atoms with E-state index in [1.165, 1.54) is 58.3 Å². The highest BCUT2D eigenvalue weighted by atomic mass is 16.5. The van der Waals surface area contributed by atoms with Crippen molar-refractivity contribution in [3.8, 4) is 5.75 Å². The Balaban J connectivity index is 1.63. The third-order valence-corrected chi connectivity index (χ3v) is 6.71. The zero-order valence-electron chi connectivity index (χ0n) is 18.5. The fraction of sp³-hybridized carbons (Fsp3) is 0.667. The van der Waals surface area contributed by atoms with E-state index in [-0.39, 0.29) is 29.8 Å². The minimum atomic E-state index is -0.342. The Hall–Kier alpha value is -2.08. The summed E-state index contributed by atoms with van der Waals surface area (Å²) in [7, 11) is 1.62. The molecule has 1 saturated carbocycles. The zero-order valence-corrected chi connectivity index (χ0v) is 18.5. The predicted molar refractivity (Wildman–Crippen MR) is 118 cm³/mol. The lowest BCUT2D eigenvalue weighted by Gasteiger charge is -2.48. The number of methoxy groups -OCH3 is 1. The number of nitrogens with zero attached hydrogens (tertiary/aromatic N) is 1. The van der Waals surface area contributed by atoms with Gasteiger partial charge in [-0.25, -0.2) is 0 Å². The third-order valence-electron chi connectivity index (χ3n) is 6.71. The summed E-state index contributed by atoms with van der Waals surface area (Å²) in [5, 5.41) is 6.15. The molecule has 166 valence electrons. The Labute approximate surface area is 180 Å². The molecule has 2 aliphatic rings. The minimum Gasteiger partial charge on any atom is -0.497 e. The van der Waals surface area contributed by atoms with Crippen LogP contribution in [0.2, 0.25) is 0 Å². The molecule has 30 heavy (non-hydrogen) atoms. The number of hydrogen-bond donors (Lipinski definition) is 2. The molecular formula is C24H37N3O3. The molecule has 2 N–H and O–H groups in total. The number of amides is 2. The van der Waals surface area contributed by atoms with Crippen LogP contribution in [0.25, 0.3) is 0 Å². The first kappa shape index (κ1) is 22.6. The first-order valence-electron chi connectivity index (χ1n) is 11.5. The Morgan fingerprint density at radius 2 is 1.67 bits per heavy atom. The van der Waals surface area contributed by atoms with Crippen molar-refractivity contribution < 1.29 is 14.3 Å². The molecule has 1 aliphatic heterocycles. The summed E-state index contributed by atoms with van der Waals surface area (Å²) in [6.07, 6.45) is 10.2. The molecule has 3 rings (SSSR count). The van der Waals surface area contributed by atoms with Crippen LogP contribution in [-0.4, -0.2) is 49.0 Å². The molecule has 1 aromatic carbocycles. The molecule has 6 heteroatoms. The van der Waals surface area contributed by atoms with Gasteiger partial charge in [0.15, 0.2) is 0 Å². The summed E-state index contributed by atoms with van der Waals surface area (Å²) in [4.78, 5) is 27.3. The SMILES string of the molecule is COc1ccc(C(CC(=O)NCC2(N3CCCCC3)CCCCC2)NC(C)=O)cc1. The molecule has 1 aromatic rings. The number of carbonyl (C=O) groups is 2. The minimum absolute atomic E-state index is 0.00785. The topological polar surface area (TPSA) is 70.7 Å². The molecule has 1 atom stereocenters. The van der Waals surface area contributed by atoms with Crippen molar-refractivity contribution in [3.05, 3.63) is 29.8 Å². The van der Waals surface area contributed by atoms with E-state index in [1.807, 2.05) is 24.3 Å². The molecule has 1 unspecified atom stereocenters. The smallest absolute Gasteiger partial charge is 0.222 e. The van der Waals surface area contributed by atoms with Gasteiger partial charge in [-0.2, -0.15) is 0 Å². The standard InChI is InChI=1S/C24H37N3O3/c1-19(28)26-22(20-9-11-21(30-2)12-10-20)17-23(29)25-18-24(13-5-3-6-14-24)27-15-7-4-8-16-27/h9-12,22H,3-8,13-18H2,1-2H3,(H,25,29)(H,26,28). The van der Waals surface area contributed by atoms with Gasteiger partial charge in [-0.3, -0.25) is 14.5 Å². The van der Waals surface area contributed by atoms with E-state index in [2.05, 4.69) is 15.5 Å². The van der Waals surface area contributed by atoms with E-state index in [1.54, 1.807) is 7.11 Å². The van der Waals surface area contributed by atoms with Gasteiger partial charge in [0.05, 0.1) is 19.6 Å². The van der Waals surface area contributed by atoms with Crippen molar-refractivity contribution in [1.29, 1.82) is 0 Å². The van der Waals surface area contributed by atoms with Crippen LogP contribution in [0.15, 0.2) is 24.3 Å². The van der Waals surface area contributed by atoms with E-state index >= 15 is 0 Å². The lowest BCUT2D eigenvalue weighted by Crippen LogP contribution is -2.58. The highest BCUT2D eigenvalue weighted by Gasteiger charge is 2.38. The van der Waals surface area contributed by atoms with E-state index in [0.717, 1.165) is 24.4 Å². The molecule has 0 bridgehead atoms. The molecule has 1 heterocycles. The predicted octanol–water partition coefficient (Wildman–Crippen LogP) is 3.57. The largest absolute Gasteiger partial charge is 0.497 e. The third kappa shape index (κ3) is 5.97. The number of likely N-dealkylation sites (tertiary alicyclic amines) is 1. The Bertz CT molecular complexity index is 692. The average molecular weight is 416 g/mol. The van der Waals surface area contributed by atoms with Gasteiger partial charge in [0.1, 0.15) is 5.75 Å². The van der Waals surface area contributed by atoms with Crippen molar-refractivity contribution in [1.82, 2.24) is 15.5 Å². The van der Waals surface area contributed by atoms with Crippen LogP contribution in [-0.2, 0) is 9.59 Å². The van der Waals surface area contributed by atoms with E-state index in [9.17, 15) is 9.59 Å². The zero-order chi connectivity index (χ0) is 21.4. The number of rotatable bonds is 8. The molecule has 1 saturated heterocycles. The van der Waals surface area contributed by atoms with Gasteiger partial charge >= 0.3 is 0 Å². The molecule has 0 radical (unpaired) electrons. The molecule has 2 fully saturated rings. The number of ether oxygens (including phenoxy) is 1. The number of carbonyl (C=O) groups excluding carboxylic acids is 2. The second-order valence-electron chi connectivity index (χ2n) is 8.84. The average Bonchev–Trinajstić information content (AvgIpc) is 2.78. The van der Waals surface area contributed by atoms with Gasteiger partial charge in [0, 0.05) is 19.0 Å². The van der Waals surface area contributed by atoms with E-state index < -0.39 is 0 Å². The van der Waals surface area contributed by atoms with Gasteiger partial charge in [-0.1, -0.05) is 37.8 Å². The maximum absolute atomic E-state index is 12.9. The van der Waals surface area contributed by atoms with Crippen LogP contribution < -0.4 is 15.4 Å². The van der Waals surface area contributed by atoms with Crippen molar-refractivity contribution in [2.75, 3.05) is 26.7 Å². The molecule has 1 aliphatic carbocycles. The van der Waals surface area contributed by atoms with Gasteiger partial charge < -0.3 is 15.4 Å². The second kappa shape index (κ2) is 10.8. The quantitative estimate of drug-likeness (QED) is 0.681. The Kier molecular flexibility index (Phi) is 8.14. The summed E-state index contributed by atoms with van der Waals surface area (Å²) in [6, 6.07) is 7.18. The van der Waals surface area contributed by atoms with Crippen molar-refractivity contribution >= 4 is 11.8 Å². The Morgan fingerprint density at radius 1 is 1.03 bits per heavy atom.